The first-order valence-corrected chi connectivity index (χ1v) is 8.80. The van der Waals surface area contributed by atoms with Gasteiger partial charge < -0.3 is 19.6 Å². The van der Waals surface area contributed by atoms with Gasteiger partial charge in [0, 0.05) is 44.6 Å². The van der Waals surface area contributed by atoms with Crippen molar-refractivity contribution < 1.29 is 9.32 Å². The van der Waals surface area contributed by atoms with E-state index in [2.05, 4.69) is 30.2 Å². The van der Waals surface area contributed by atoms with Crippen LogP contribution in [0.1, 0.15) is 16.1 Å². The Morgan fingerprint density at radius 2 is 1.93 bits per heavy atom. The second kappa shape index (κ2) is 7.45. The van der Waals surface area contributed by atoms with E-state index in [1.165, 1.54) is 0 Å². The molecule has 4 heterocycles. The Kier molecular flexibility index (Phi) is 4.69. The van der Waals surface area contributed by atoms with Crippen LogP contribution in [-0.2, 0) is 0 Å². The van der Waals surface area contributed by atoms with Crippen molar-refractivity contribution in [2.24, 2.45) is 0 Å². The van der Waals surface area contributed by atoms with Crippen LogP contribution in [0.4, 0.5) is 17.3 Å². The quantitative estimate of drug-likeness (QED) is 0.760. The van der Waals surface area contributed by atoms with E-state index in [0.29, 0.717) is 17.1 Å². The number of pyridine rings is 2. The molecule has 1 amide bonds. The minimum Gasteiger partial charge on any atom is -0.367 e. The standard InChI is InChI=1S/C19H20N6O2/c1-14-10-17(23-27-14)22-19(26)15-11-16(13-20-12-15)24-6-8-25(9-7-24)18-4-2-3-5-21-18/h2-5,10-13H,6-9H2,1H3,(H,22,23,26). The average Bonchev–Trinajstić information content (AvgIpc) is 3.13. The summed E-state index contributed by atoms with van der Waals surface area (Å²) in [5.41, 5.74) is 1.42. The highest BCUT2D eigenvalue weighted by molar-refractivity contribution is 6.04. The molecule has 1 aliphatic rings. The molecule has 0 unspecified atom stereocenters. The van der Waals surface area contributed by atoms with Crippen molar-refractivity contribution in [2.45, 2.75) is 6.92 Å². The molecule has 1 saturated heterocycles. The number of hydrogen-bond acceptors (Lipinski definition) is 7. The lowest BCUT2D eigenvalue weighted by molar-refractivity contribution is 0.102. The van der Waals surface area contributed by atoms with Gasteiger partial charge in [0.1, 0.15) is 11.6 Å². The fourth-order valence-corrected chi connectivity index (χ4v) is 3.07. The topological polar surface area (TPSA) is 87.4 Å². The molecule has 4 rings (SSSR count). The van der Waals surface area contributed by atoms with E-state index in [1.54, 1.807) is 25.4 Å². The van der Waals surface area contributed by atoms with Gasteiger partial charge in [-0.15, -0.1) is 0 Å². The molecular weight excluding hydrogens is 344 g/mol. The molecule has 0 bridgehead atoms. The van der Waals surface area contributed by atoms with Crippen LogP contribution in [-0.4, -0.2) is 47.2 Å². The molecule has 27 heavy (non-hydrogen) atoms. The molecule has 8 nitrogen and oxygen atoms in total. The average molecular weight is 364 g/mol. The number of amides is 1. The Bertz CT molecular complexity index is 919. The van der Waals surface area contributed by atoms with E-state index in [-0.39, 0.29) is 5.91 Å². The summed E-state index contributed by atoms with van der Waals surface area (Å²) >= 11 is 0. The van der Waals surface area contributed by atoms with Crippen LogP contribution >= 0.6 is 0 Å². The smallest absolute Gasteiger partial charge is 0.258 e. The van der Waals surface area contributed by atoms with Gasteiger partial charge in [-0.3, -0.25) is 9.78 Å². The predicted octanol–water partition coefficient (Wildman–Crippen LogP) is 2.35. The van der Waals surface area contributed by atoms with Crippen LogP contribution in [0.3, 0.4) is 0 Å². The van der Waals surface area contributed by atoms with Gasteiger partial charge in [-0.2, -0.15) is 0 Å². The van der Waals surface area contributed by atoms with Crippen molar-refractivity contribution in [1.82, 2.24) is 15.1 Å². The minimum atomic E-state index is -0.259. The monoisotopic (exact) mass is 364 g/mol. The number of carbonyl (C=O) groups excluding carboxylic acids is 1. The Morgan fingerprint density at radius 1 is 1.11 bits per heavy atom. The number of nitrogens with zero attached hydrogens (tertiary/aromatic N) is 5. The number of aryl methyl sites for hydroxylation is 1. The maximum Gasteiger partial charge on any atom is 0.258 e. The van der Waals surface area contributed by atoms with Crippen molar-refractivity contribution in [1.29, 1.82) is 0 Å². The lowest BCUT2D eigenvalue weighted by Crippen LogP contribution is -2.46. The van der Waals surface area contributed by atoms with Gasteiger partial charge in [0.2, 0.25) is 0 Å². The molecule has 0 atom stereocenters. The molecule has 1 fully saturated rings. The van der Waals surface area contributed by atoms with E-state index in [9.17, 15) is 4.79 Å². The Hall–Kier alpha value is -3.42. The number of nitrogens with one attached hydrogen (secondary N) is 1. The molecule has 0 saturated carbocycles. The number of carbonyl (C=O) groups is 1. The maximum absolute atomic E-state index is 12.4. The van der Waals surface area contributed by atoms with E-state index in [4.69, 9.17) is 4.52 Å². The highest BCUT2D eigenvalue weighted by Crippen LogP contribution is 2.20. The normalized spacial score (nSPS) is 14.3. The van der Waals surface area contributed by atoms with E-state index >= 15 is 0 Å². The number of rotatable bonds is 4. The summed E-state index contributed by atoms with van der Waals surface area (Å²) in [7, 11) is 0. The highest BCUT2D eigenvalue weighted by Gasteiger charge is 2.19. The van der Waals surface area contributed by atoms with Crippen LogP contribution in [0.5, 0.6) is 0 Å². The van der Waals surface area contributed by atoms with Crippen molar-refractivity contribution >= 4 is 23.2 Å². The summed E-state index contributed by atoms with van der Waals surface area (Å²) in [5, 5.41) is 6.50. The molecule has 0 spiro atoms. The largest absolute Gasteiger partial charge is 0.367 e. The van der Waals surface area contributed by atoms with E-state index in [0.717, 1.165) is 37.7 Å². The summed E-state index contributed by atoms with van der Waals surface area (Å²) < 4.78 is 4.97. The second-order valence-electron chi connectivity index (χ2n) is 6.37. The van der Waals surface area contributed by atoms with Crippen LogP contribution in [0.15, 0.2) is 53.4 Å². The lowest BCUT2D eigenvalue weighted by Gasteiger charge is -2.36. The Labute approximate surface area is 156 Å². The van der Waals surface area contributed by atoms with Gasteiger partial charge >= 0.3 is 0 Å². The zero-order valence-electron chi connectivity index (χ0n) is 15.0. The first kappa shape index (κ1) is 17.0. The molecule has 3 aromatic rings. The molecule has 1 aliphatic heterocycles. The van der Waals surface area contributed by atoms with Crippen LogP contribution in [0.2, 0.25) is 0 Å². The number of aromatic nitrogens is 3. The zero-order valence-corrected chi connectivity index (χ0v) is 15.0. The third-order valence-corrected chi connectivity index (χ3v) is 4.47. The van der Waals surface area contributed by atoms with Gasteiger partial charge in [-0.25, -0.2) is 4.98 Å². The molecule has 138 valence electrons. The van der Waals surface area contributed by atoms with Gasteiger partial charge in [0.05, 0.1) is 17.4 Å². The summed E-state index contributed by atoms with van der Waals surface area (Å²) in [5.74, 6) is 1.77. The Morgan fingerprint density at radius 3 is 2.63 bits per heavy atom. The maximum atomic E-state index is 12.4. The van der Waals surface area contributed by atoms with Gasteiger partial charge in [-0.1, -0.05) is 11.2 Å². The molecule has 0 radical (unpaired) electrons. The second-order valence-corrected chi connectivity index (χ2v) is 6.37. The lowest BCUT2D eigenvalue weighted by atomic mass is 10.2. The third kappa shape index (κ3) is 3.89. The third-order valence-electron chi connectivity index (χ3n) is 4.47. The van der Waals surface area contributed by atoms with Crippen LogP contribution in [0, 0.1) is 6.92 Å². The molecule has 1 N–H and O–H groups in total. The van der Waals surface area contributed by atoms with Gasteiger partial charge in [0.25, 0.3) is 5.91 Å². The fraction of sp³-hybridized carbons (Fsp3) is 0.263. The zero-order chi connectivity index (χ0) is 18.6. The SMILES string of the molecule is Cc1cc(NC(=O)c2cncc(N3CCN(c4ccccn4)CC3)c2)no1. The first-order valence-electron chi connectivity index (χ1n) is 8.80. The van der Waals surface area contributed by atoms with Crippen molar-refractivity contribution in [3.8, 4) is 0 Å². The fourth-order valence-electron chi connectivity index (χ4n) is 3.07. The van der Waals surface area contributed by atoms with Crippen molar-refractivity contribution in [3.63, 3.8) is 0 Å². The molecule has 0 aliphatic carbocycles. The minimum absolute atomic E-state index is 0.259. The molecule has 3 aromatic heterocycles. The van der Waals surface area contributed by atoms with Crippen molar-refractivity contribution in [2.75, 3.05) is 41.3 Å². The number of anilines is 3. The van der Waals surface area contributed by atoms with Gasteiger partial charge in [-0.05, 0) is 25.1 Å². The summed E-state index contributed by atoms with van der Waals surface area (Å²) in [6, 6.07) is 9.46. The summed E-state index contributed by atoms with van der Waals surface area (Å²) in [4.78, 5) is 25.6. The number of piperazine rings is 1. The number of hydrogen-bond donors (Lipinski definition) is 1. The van der Waals surface area contributed by atoms with Gasteiger partial charge in [0.15, 0.2) is 5.82 Å². The van der Waals surface area contributed by atoms with E-state index < -0.39 is 0 Å². The molecular formula is C19H20N6O2. The Balaban J connectivity index is 1.41. The summed E-state index contributed by atoms with van der Waals surface area (Å²) in [6.45, 7) is 5.18. The predicted molar refractivity (Wildman–Crippen MR) is 102 cm³/mol. The highest BCUT2D eigenvalue weighted by atomic mass is 16.5. The molecule has 8 heteroatoms. The van der Waals surface area contributed by atoms with E-state index in [1.807, 2.05) is 30.5 Å². The van der Waals surface area contributed by atoms with Crippen LogP contribution in [0.25, 0.3) is 0 Å². The van der Waals surface area contributed by atoms with Crippen LogP contribution < -0.4 is 15.1 Å². The molecule has 0 aromatic carbocycles. The summed E-state index contributed by atoms with van der Waals surface area (Å²) in [6.07, 6.45) is 5.15. The first-order chi connectivity index (χ1) is 13.2. The van der Waals surface area contributed by atoms with Crippen molar-refractivity contribution in [3.05, 3.63) is 60.2 Å².